The summed E-state index contributed by atoms with van der Waals surface area (Å²) in [5.41, 5.74) is 0.300. The molecule has 1 aliphatic heterocycles. The fourth-order valence-electron chi connectivity index (χ4n) is 1.67. The topological polar surface area (TPSA) is 47.9 Å². The molecule has 4 nitrogen and oxygen atoms in total. The van der Waals surface area contributed by atoms with E-state index < -0.39 is 5.82 Å². The lowest BCUT2D eigenvalue weighted by Crippen LogP contribution is -2.09. The van der Waals surface area contributed by atoms with Gasteiger partial charge in [0.15, 0.2) is 23.2 Å². The monoisotopic (exact) mass is 251 g/mol. The summed E-state index contributed by atoms with van der Waals surface area (Å²) in [6.45, 7) is 3.25. The summed E-state index contributed by atoms with van der Waals surface area (Å²) in [4.78, 5) is 15.9. The van der Waals surface area contributed by atoms with E-state index in [1.54, 1.807) is 13.0 Å². The molecule has 0 radical (unpaired) electrons. The average Bonchev–Trinajstić information content (AvgIpc) is 2.84. The number of benzene rings is 1. The summed E-state index contributed by atoms with van der Waals surface area (Å²) in [7, 11) is 0. The van der Waals surface area contributed by atoms with E-state index in [1.165, 1.54) is 12.1 Å². The van der Waals surface area contributed by atoms with Crippen LogP contribution in [0.3, 0.4) is 0 Å². The van der Waals surface area contributed by atoms with Gasteiger partial charge in [0.25, 0.3) is 0 Å². The van der Waals surface area contributed by atoms with Crippen LogP contribution in [0.4, 0.5) is 4.39 Å². The first kappa shape index (κ1) is 12.5. The molecule has 0 aliphatic carbocycles. The molecule has 0 spiro atoms. The van der Waals surface area contributed by atoms with Crippen LogP contribution in [0.25, 0.3) is 0 Å². The Morgan fingerprint density at radius 3 is 3.00 bits per heavy atom. The number of rotatable bonds is 5. The molecule has 5 heteroatoms. The zero-order chi connectivity index (χ0) is 13.0. The van der Waals surface area contributed by atoms with Gasteiger partial charge >= 0.3 is 0 Å². The van der Waals surface area contributed by atoms with Crippen LogP contribution >= 0.6 is 0 Å². The molecule has 0 aromatic heterocycles. The van der Waals surface area contributed by atoms with Gasteiger partial charge in [0.2, 0.25) is 0 Å². The summed E-state index contributed by atoms with van der Waals surface area (Å²) in [6.07, 6.45) is 0.0768. The molecule has 2 rings (SSSR count). The van der Waals surface area contributed by atoms with Gasteiger partial charge in [0.05, 0.1) is 19.6 Å². The number of carbonyl (C=O) groups is 1. The maximum atomic E-state index is 13.6. The third-order valence-corrected chi connectivity index (χ3v) is 2.51. The smallest absolute Gasteiger partial charge is 0.191 e. The third kappa shape index (κ3) is 2.85. The van der Waals surface area contributed by atoms with Crippen LogP contribution in [0.1, 0.15) is 23.7 Å². The molecular weight excluding hydrogens is 237 g/mol. The summed E-state index contributed by atoms with van der Waals surface area (Å²) in [5.74, 6) is -0.160. The van der Waals surface area contributed by atoms with Gasteiger partial charge in [-0.3, -0.25) is 9.79 Å². The Morgan fingerprint density at radius 1 is 1.56 bits per heavy atom. The first-order valence-electron chi connectivity index (χ1n) is 5.82. The van der Waals surface area contributed by atoms with Crippen LogP contribution in [-0.2, 0) is 4.74 Å². The first-order chi connectivity index (χ1) is 8.70. The molecule has 0 N–H and O–H groups in total. The van der Waals surface area contributed by atoms with Crippen LogP contribution in [0.5, 0.6) is 5.75 Å². The summed E-state index contributed by atoms with van der Waals surface area (Å²) < 4.78 is 23.8. The Labute approximate surface area is 104 Å². The minimum absolute atomic E-state index is 0.0768. The molecule has 18 heavy (non-hydrogen) atoms. The highest BCUT2D eigenvalue weighted by Gasteiger charge is 2.16. The molecule has 96 valence electrons. The van der Waals surface area contributed by atoms with Crippen LogP contribution in [0.2, 0.25) is 0 Å². The molecule has 0 atom stereocenters. The van der Waals surface area contributed by atoms with Crippen LogP contribution < -0.4 is 4.74 Å². The SMILES string of the molecule is CCOc1ccc(C(=O)CC2=NCCO2)cc1F. The Kier molecular flexibility index (Phi) is 3.92. The van der Waals surface area contributed by atoms with Crippen molar-refractivity contribution in [1.82, 2.24) is 0 Å². The number of ketones is 1. The van der Waals surface area contributed by atoms with Crippen molar-refractivity contribution in [2.45, 2.75) is 13.3 Å². The molecule has 0 saturated carbocycles. The number of ether oxygens (including phenoxy) is 2. The second-order valence-electron chi connectivity index (χ2n) is 3.80. The minimum atomic E-state index is -0.531. The number of hydrogen-bond acceptors (Lipinski definition) is 4. The Bertz CT molecular complexity index is 485. The lowest BCUT2D eigenvalue weighted by Gasteiger charge is -2.06. The number of hydrogen-bond donors (Lipinski definition) is 0. The fourth-order valence-corrected chi connectivity index (χ4v) is 1.67. The van der Waals surface area contributed by atoms with Crippen LogP contribution in [0, 0.1) is 5.82 Å². The molecule has 1 aromatic carbocycles. The highest BCUT2D eigenvalue weighted by atomic mass is 19.1. The minimum Gasteiger partial charge on any atom is -0.491 e. The molecule has 0 bridgehead atoms. The van der Waals surface area contributed by atoms with Gasteiger partial charge in [-0.25, -0.2) is 4.39 Å². The normalized spacial score (nSPS) is 14.0. The number of carbonyl (C=O) groups excluding carboxylic acids is 1. The van der Waals surface area contributed by atoms with Gasteiger partial charge in [-0.15, -0.1) is 0 Å². The van der Waals surface area contributed by atoms with E-state index in [0.29, 0.717) is 31.2 Å². The van der Waals surface area contributed by atoms with Crippen molar-refractivity contribution in [1.29, 1.82) is 0 Å². The molecule has 0 saturated heterocycles. The van der Waals surface area contributed by atoms with E-state index >= 15 is 0 Å². The van der Waals surface area contributed by atoms with E-state index in [4.69, 9.17) is 9.47 Å². The Morgan fingerprint density at radius 2 is 2.39 bits per heavy atom. The maximum Gasteiger partial charge on any atom is 0.191 e. The third-order valence-electron chi connectivity index (χ3n) is 2.51. The number of Topliss-reactive ketones (excluding diaryl/α,β-unsaturated/α-hetero) is 1. The lowest BCUT2D eigenvalue weighted by atomic mass is 10.1. The van der Waals surface area contributed by atoms with E-state index in [0.717, 1.165) is 0 Å². The molecule has 0 fully saturated rings. The van der Waals surface area contributed by atoms with Crippen molar-refractivity contribution < 1.29 is 18.7 Å². The summed E-state index contributed by atoms with van der Waals surface area (Å²) in [6, 6.07) is 4.19. The second kappa shape index (κ2) is 5.62. The first-order valence-corrected chi connectivity index (χ1v) is 5.82. The molecule has 1 aromatic rings. The number of aliphatic imine (C=N–C) groups is 1. The van der Waals surface area contributed by atoms with Crippen LogP contribution in [-0.4, -0.2) is 31.4 Å². The molecule has 0 unspecified atom stereocenters. The standard InChI is InChI=1S/C13H14FNO3/c1-2-17-12-4-3-9(7-10(12)14)11(16)8-13-15-5-6-18-13/h3-4,7H,2,5-6,8H2,1H3. The van der Waals surface area contributed by atoms with Gasteiger partial charge in [0, 0.05) is 5.56 Å². The number of nitrogens with zero attached hydrogens (tertiary/aromatic N) is 1. The van der Waals surface area contributed by atoms with Gasteiger partial charge in [0.1, 0.15) is 6.61 Å². The summed E-state index contributed by atoms with van der Waals surface area (Å²) >= 11 is 0. The summed E-state index contributed by atoms with van der Waals surface area (Å²) in [5, 5.41) is 0. The Hall–Kier alpha value is -1.91. The van der Waals surface area contributed by atoms with Crippen molar-refractivity contribution in [3.63, 3.8) is 0 Å². The molecular formula is C13H14FNO3. The van der Waals surface area contributed by atoms with Gasteiger partial charge in [-0.05, 0) is 25.1 Å². The average molecular weight is 251 g/mol. The predicted octanol–water partition coefficient (Wildman–Crippen LogP) is 2.23. The van der Waals surface area contributed by atoms with E-state index in [9.17, 15) is 9.18 Å². The zero-order valence-corrected chi connectivity index (χ0v) is 10.1. The van der Waals surface area contributed by atoms with E-state index in [1.807, 2.05) is 0 Å². The molecule has 1 heterocycles. The van der Waals surface area contributed by atoms with Gasteiger partial charge < -0.3 is 9.47 Å². The Balaban J connectivity index is 2.08. The van der Waals surface area contributed by atoms with Crippen molar-refractivity contribution in [2.75, 3.05) is 19.8 Å². The molecule has 0 amide bonds. The molecule has 1 aliphatic rings. The predicted molar refractivity (Wildman–Crippen MR) is 64.8 cm³/mol. The quantitative estimate of drug-likeness (QED) is 0.754. The highest BCUT2D eigenvalue weighted by Crippen LogP contribution is 2.19. The number of halogens is 1. The van der Waals surface area contributed by atoms with Gasteiger partial charge in [-0.2, -0.15) is 0 Å². The van der Waals surface area contributed by atoms with E-state index in [2.05, 4.69) is 4.99 Å². The van der Waals surface area contributed by atoms with Crippen molar-refractivity contribution >= 4 is 11.7 Å². The van der Waals surface area contributed by atoms with Gasteiger partial charge in [-0.1, -0.05) is 0 Å². The fraction of sp³-hybridized carbons (Fsp3) is 0.385. The highest BCUT2D eigenvalue weighted by molar-refractivity contribution is 6.07. The largest absolute Gasteiger partial charge is 0.491 e. The zero-order valence-electron chi connectivity index (χ0n) is 10.1. The lowest BCUT2D eigenvalue weighted by molar-refractivity contribution is 0.0994. The van der Waals surface area contributed by atoms with Crippen molar-refractivity contribution in [3.05, 3.63) is 29.6 Å². The van der Waals surface area contributed by atoms with Crippen LogP contribution in [0.15, 0.2) is 23.2 Å². The van der Waals surface area contributed by atoms with E-state index in [-0.39, 0.29) is 18.0 Å². The maximum absolute atomic E-state index is 13.6. The second-order valence-corrected chi connectivity index (χ2v) is 3.80. The van der Waals surface area contributed by atoms with Crippen molar-refractivity contribution in [2.24, 2.45) is 4.99 Å². The van der Waals surface area contributed by atoms with Crippen molar-refractivity contribution in [3.8, 4) is 5.75 Å².